The maximum Gasteiger partial charge on any atom is 0.223 e. The predicted octanol–water partition coefficient (Wildman–Crippen LogP) is 2.83. The molecule has 1 atom stereocenters. The van der Waals surface area contributed by atoms with E-state index in [0.29, 0.717) is 11.2 Å². The van der Waals surface area contributed by atoms with Crippen LogP contribution in [0.15, 0.2) is 6.33 Å². The molecule has 1 saturated carbocycles. The van der Waals surface area contributed by atoms with E-state index in [2.05, 4.69) is 41.3 Å². The summed E-state index contributed by atoms with van der Waals surface area (Å²) >= 11 is 0. The van der Waals surface area contributed by atoms with Crippen molar-refractivity contribution in [1.29, 1.82) is 0 Å². The van der Waals surface area contributed by atoms with E-state index in [4.69, 9.17) is 0 Å². The molecule has 2 rings (SSSR count). The molecule has 0 radical (unpaired) electrons. The van der Waals surface area contributed by atoms with Gasteiger partial charge in [0.05, 0.1) is 6.04 Å². The molecule has 1 aliphatic rings. The SMILES string of the molecule is CC(NC(=O)C1CCC(C(C)(C)C)CC1)c1ncn[nH]1. The molecule has 1 heterocycles. The first kappa shape index (κ1) is 15.0. The van der Waals surface area contributed by atoms with Crippen molar-refractivity contribution >= 4 is 5.91 Å². The molecule has 5 nitrogen and oxygen atoms in total. The minimum absolute atomic E-state index is 0.106. The van der Waals surface area contributed by atoms with Crippen LogP contribution in [0.1, 0.15) is 65.2 Å². The van der Waals surface area contributed by atoms with Crippen molar-refractivity contribution in [2.24, 2.45) is 17.3 Å². The van der Waals surface area contributed by atoms with Gasteiger partial charge < -0.3 is 5.32 Å². The van der Waals surface area contributed by atoms with E-state index in [1.54, 1.807) is 0 Å². The third kappa shape index (κ3) is 3.58. The van der Waals surface area contributed by atoms with Crippen molar-refractivity contribution in [2.75, 3.05) is 0 Å². The van der Waals surface area contributed by atoms with Crippen molar-refractivity contribution in [2.45, 2.75) is 59.4 Å². The highest BCUT2D eigenvalue weighted by Crippen LogP contribution is 2.39. The zero-order valence-corrected chi connectivity index (χ0v) is 12.9. The maximum absolute atomic E-state index is 12.3. The van der Waals surface area contributed by atoms with Crippen LogP contribution in [0.4, 0.5) is 0 Å². The summed E-state index contributed by atoms with van der Waals surface area (Å²) in [5.41, 5.74) is 0.356. The van der Waals surface area contributed by atoms with Gasteiger partial charge in [0.1, 0.15) is 12.2 Å². The first-order valence-electron chi connectivity index (χ1n) is 7.53. The third-order valence-corrected chi connectivity index (χ3v) is 4.53. The summed E-state index contributed by atoms with van der Waals surface area (Å²) in [4.78, 5) is 16.4. The van der Waals surface area contributed by atoms with Crippen molar-refractivity contribution < 1.29 is 4.79 Å². The molecule has 1 fully saturated rings. The molecular formula is C15H26N4O. The zero-order chi connectivity index (χ0) is 14.8. The van der Waals surface area contributed by atoms with Gasteiger partial charge in [0.2, 0.25) is 5.91 Å². The van der Waals surface area contributed by atoms with Crippen molar-refractivity contribution in [3.8, 4) is 0 Å². The number of amides is 1. The fourth-order valence-electron chi connectivity index (χ4n) is 3.04. The molecule has 1 aliphatic carbocycles. The van der Waals surface area contributed by atoms with Gasteiger partial charge in [0, 0.05) is 5.92 Å². The summed E-state index contributed by atoms with van der Waals surface area (Å²) in [6.07, 6.45) is 5.76. The molecule has 0 saturated heterocycles. The molecular weight excluding hydrogens is 252 g/mol. The number of nitrogens with zero attached hydrogens (tertiary/aromatic N) is 2. The van der Waals surface area contributed by atoms with E-state index in [1.165, 1.54) is 6.33 Å². The highest BCUT2D eigenvalue weighted by Gasteiger charge is 2.32. The van der Waals surface area contributed by atoms with Crippen LogP contribution >= 0.6 is 0 Å². The molecule has 1 aromatic heterocycles. The van der Waals surface area contributed by atoms with Gasteiger partial charge in [-0.1, -0.05) is 20.8 Å². The third-order valence-electron chi connectivity index (χ3n) is 4.53. The molecule has 1 amide bonds. The number of hydrogen-bond donors (Lipinski definition) is 2. The molecule has 0 bridgehead atoms. The summed E-state index contributed by atoms with van der Waals surface area (Å²) in [7, 11) is 0. The van der Waals surface area contributed by atoms with Crippen molar-refractivity contribution in [1.82, 2.24) is 20.5 Å². The van der Waals surface area contributed by atoms with Crippen LogP contribution in [0.25, 0.3) is 0 Å². The zero-order valence-electron chi connectivity index (χ0n) is 12.9. The minimum Gasteiger partial charge on any atom is -0.346 e. The van der Waals surface area contributed by atoms with Crippen LogP contribution in [-0.2, 0) is 4.79 Å². The molecule has 112 valence electrons. The van der Waals surface area contributed by atoms with Gasteiger partial charge in [-0.2, -0.15) is 5.10 Å². The van der Waals surface area contributed by atoms with Crippen LogP contribution in [0.5, 0.6) is 0 Å². The number of aromatic amines is 1. The Morgan fingerprint density at radius 3 is 2.50 bits per heavy atom. The fourth-order valence-corrected chi connectivity index (χ4v) is 3.04. The second kappa shape index (κ2) is 5.94. The van der Waals surface area contributed by atoms with E-state index in [1.807, 2.05) is 6.92 Å². The number of hydrogen-bond acceptors (Lipinski definition) is 3. The molecule has 0 spiro atoms. The van der Waals surface area contributed by atoms with Crippen LogP contribution in [0, 0.1) is 17.3 Å². The minimum atomic E-state index is -0.106. The Kier molecular flexibility index (Phi) is 4.45. The quantitative estimate of drug-likeness (QED) is 0.893. The average Bonchev–Trinajstić information content (AvgIpc) is 2.91. The Balaban J connectivity index is 1.83. The molecule has 5 heteroatoms. The van der Waals surface area contributed by atoms with E-state index in [9.17, 15) is 4.79 Å². The number of aromatic nitrogens is 3. The smallest absolute Gasteiger partial charge is 0.223 e. The number of carbonyl (C=O) groups is 1. The first-order valence-corrected chi connectivity index (χ1v) is 7.53. The summed E-state index contributed by atoms with van der Waals surface area (Å²) in [5, 5.41) is 9.64. The van der Waals surface area contributed by atoms with Crippen molar-refractivity contribution in [3.63, 3.8) is 0 Å². The lowest BCUT2D eigenvalue weighted by Crippen LogP contribution is -2.36. The molecule has 20 heavy (non-hydrogen) atoms. The van der Waals surface area contributed by atoms with E-state index in [0.717, 1.165) is 31.6 Å². The molecule has 1 unspecified atom stereocenters. The largest absolute Gasteiger partial charge is 0.346 e. The summed E-state index contributed by atoms with van der Waals surface area (Å²) in [6.45, 7) is 8.82. The van der Waals surface area contributed by atoms with Gasteiger partial charge in [0.15, 0.2) is 0 Å². The second-order valence-electron chi connectivity index (χ2n) is 7.02. The Hall–Kier alpha value is -1.39. The van der Waals surface area contributed by atoms with E-state index < -0.39 is 0 Å². The molecule has 0 aliphatic heterocycles. The Morgan fingerprint density at radius 1 is 1.35 bits per heavy atom. The number of rotatable bonds is 3. The van der Waals surface area contributed by atoms with Crippen LogP contribution < -0.4 is 5.32 Å². The van der Waals surface area contributed by atoms with Crippen LogP contribution in [0.2, 0.25) is 0 Å². The number of carbonyl (C=O) groups excluding carboxylic acids is 1. The summed E-state index contributed by atoms with van der Waals surface area (Å²) < 4.78 is 0. The van der Waals surface area contributed by atoms with Gasteiger partial charge in [-0.3, -0.25) is 9.89 Å². The van der Waals surface area contributed by atoms with Gasteiger partial charge in [0.25, 0.3) is 0 Å². The van der Waals surface area contributed by atoms with Crippen molar-refractivity contribution in [3.05, 3.63) is 12.2 Å². The lowest BCUT2D eigenvalue weighted by Gasteiger charge is -2.36. The number of H-pyrrole nitrogens is 1. The second-order valence-corrected chi connectivity index (χ2v) is 7.02. The molecule has 1 aromatic rings. The van der Waals surface area contributed by atoms with Gasteiger partial charge in [-0.15, -0.1) is 0 Å². The van der Waals surface area contributed by atoms with E-state index >= 15 is 0 Å². The summed E-state index contributed by atoms with van der Waals surface area (Å²) in [6, 6.07) is -0.106. The normalized spacial score (nSPS) is 25.2. The van der Waals surface area contributed by atoms with Gasteiger partial charge in [-0.25, -0.2) is 4.98 Å². The lowest BCUT2D eigenvalue weighted by molar-refractivity contribution is -0.127. The van der Waals surface area contributed by atoms with Gasteiger partial charge in [-0.05, 0) is 43.9 Å². The highest BCUT2D eigenvalue weighted by molar-refractivity contribution is 5.79. The molecule has 2 N–H and O–H groups in total. The maximum atomic E-state index is 12.3. The Labute approximate surface area is 120 Å². The Bertz CT molecular complexity index is 427. The summed E-state index contributed by atoms with van der Waals surface area (Å²) in [5.74, 6) is 1.75. The van der Waals surface area contributed by atoms with Crippen LogP contribution in [-0.4, -0.2) is 21.1 Å². The highest BCUT2D eigenvalue weighted by atomic mass is 16.1. The monoisotopic (exact) mass is 278 g/mol. The van der Waals surface area contributed by atoms with Gasteiger partial charge >= 0.3 is 0 Å². The standard InChI is InChI=1S/C15H26N4O/c1-10(13-16-9-17-19-13)18-14(20)11-5-7-12(8-6-11)15(2,3)4/h9-12H,5-8H2,1-4H3,(H,18,20)(H,16,17,19). The number of nitrogens with one attached hydrogen (secondary N) is 2. The average molecular weight is 278 g/mol. The van der Waals surface area contributed by atoms with E-state index in [-0.39, 0.29) is 17.9 Å². The Morgan fingerprint density at radius 2 is 2.00 bits per heavy atom. The topological polar surface area (TPSA) is 70.7 Å². The lowest BCUT2D eigenvalue weighted by atomic mass is 9.69. The molecule has 0 aromatic carbocycles. The predicted molar refractivity (Wildman–Crippen MR) is 77.8 cm³/mol. The first-order chi connectivity index (χ1) is 9.38. The fraction of sp³-hybridized carbons (Fsp3) is 0.800. The van der Waals surface area contributed by atoms with Crippen LogP contribution in [0.3, 0.4) is 0 Å².